The Labute approximate surface area is 197 Å². The van der Waals surface area contributed by atoms with E-state index in [2.05, 4.69) is 10.5 Å². The molecule has 0 fully saturated rings. The van der Waals surface area contributed by atoms with Crippen molar-refractivity contribution in [1.82, 2.24) is 5.43 Å². The Kier molecular flexibility index (Phi) is 9.47. The van der Waals surface area contributed by atoms with Gasteiger partial charge in [0, 0.05) is 22.1 Å². The van der Waals surface area contributed by atoms with Crippen LogP contribution >= 0.6 is 23.4 Å². The van der Waals surface area contributed by atoms with Crippen molar-refractivity contribution in [2.45, 2.75) is 24.8 Å². The van der Waals surface area contributed by atoms with Crippen LogP contribution in [0.2, 0.25) is 5.02 Å². The summed E-state index contributed by atoms with van der Waals surface area (Å²) in [5.74, 6) is 1.83. The molecule has 0 spiro atoms. The predicted octanol–water partition coefficient (Wildman–Crippen LogP) is 5.95. The number of carbonyl (C=O) groups is 1. The van der Waals surface area contributed by atoms with E-state index < -0.39 is 0 Å². The number of benzene rings is 3. The highest BCUT2D eigenvalue weighted by Crippen LogP contribution is 2.29. The number of hydrogen-bond acceptors (Lipinski definition) is 5. The summed E-state index contributed by atoms with van der Waals surface area (Å²) >= 11 is 7.57. The lowest BCUT2D eigenvalue weighted by Crippen LogP contribution is -2.17. The van der Waals surface area contributed by atoms with Crippen LogP contribution in [0.25, 0.3) is 0 Å². The van der Waals surface area contributed by atoms with Crippen molar-refractivity contribution in [2.24, 2.45) is 5.10 Å². The number of amides is 1. The zero-order valence-corrected chi connectivity index (χ0v) is 19.4. The summed E-state index contributed by atoms with van der Waals surface area (Å²) < 4.78 is 11.6. The van der Waals surface area contributed by atoms with E-state index in [0.29, 0.717) is 41.9 Å². The molecule has 0 atom stereocenters. The van der Waals surface area contributed by atoms with Gasteiger partial charge in [-0.1, -0.05) is 41.9 Å². The van der Waals surface area contributed by atoms with Crippen LogP contribution in [0.4, 0.5) is 0 Å². The lowest BCUT2D eigenvalue weighted by atomic mass is 10.2. The summed E-state index contributed by atoms with van der Waals surface area (Å²) in [6.45, 7) is 2.83. The van der Waals surface area contributed by atoms with Gasteiger partial charge in [0.1, 0.15) is 6.61 Å². The van der Waals surface area contributed by atoms with E-state index >= 15 is 0 Å². The number of nitrogens with zero attached hydrogens (tertiary/aromatic N) is 1. The molecule has 0 bridgehead atoms. The van der Waals surface area contributed by atoms with Crippen molar-refractivity contribution in [2.75, 3.05) is 12.4 Å². The topological polar surface area (TPSA) is 59.9 Å². The van der Waals surface area contributed by atoms with Gasteiger partial charge in [-0.05, 0) is 60.5 Å². The van der Waals surface area contributed by atoms with Crippen LogP contribution in [-0.2, 0) is 11.4 Å². The maximum Gasteiger partial charge on any atom is 0.240 e. The van der Waals surface area contributed by atoms with Crippen LogP contribution in [0, 0.1) is 0 Å². The molecular formula is C25H25ClN2O3S. The van der Waals surface area contributed by atoms with Gasteiger partial charge in [0.25, 0.3) is 0 Å². The molecule has 0 aliphatic rings. The van der Waals surface area contributed by atoms with E-state index in [4.69, 9.17) is 21.1 Å². The number of thioether (sulfide) groups is 1. The van der Waals surface area contributed by atoms with Crippen LogP contribution in [0.1, 0.15) is 24.5 Å². The van der Waals surface area contributed by atoms with Crippen LogP contribution in [0.5, 0.6) is 11.5 Å². The first-order valence-corrected chi connectivity index (χ1v) is 11.6. The van der Waals surface area contributed by atoms with Gasteiger partial charge < -0.3 is 9.47 Å². The van der Waals surface area contributed by atoms with Crippen molar-refractivity contribution in [1.29, 1.82) is 0 Å². The molecule has 166 valence electrons. The quantitative estimate of drug-likeness (QED) is 0.214. The molecule has 1 amide bonds. The first-order chi connectivity index (χ1) is 15.6. The minimum Gasteiger partial charge on any atom is -0.490 e. The molecule has 7 heteroatoms. The summed E-state index contributed by atoms with van der Waals surface area (Å²) in [5.41, 5.74) is 4.38. The third kappa shape index (κ3) is 7.94. The number of hydrogen-bond donors (Lipinski definition) is 1. The second kappa shape index (κ2) is 12.8. The first-order valence-electron chi connectivity index (χ1n) is 10.3. The third-order valence-electron chi connectivity index (χ3n) is 4.32. The van der Waals surface area contributed by atoms with Crippen molar-refractivity contribution < 1.29 is 14.3 Å². The Balaban J connectivity index is 1.50. The number of nitrogens with one attached hydrogen (secondary N) is 1. The van der Waals surface area contributed by atoms with Crippen molar-refractivity contribution in [3.05, 3.63) is 88.9 Å². The second-order valence-electron chi connectivity index (χ2n) is 6.76. The standard InChI is InChI=1S/C25H25ClN2O3S/c1-2-30-24-16-20(10-13-23(24)31-18-19-8-11-21(26)12-9-19)17-27-28-25(29)14-15-32-22-6-4-3-5-7-22/h3-13,16-17H,2,14-15,18H2,1H3,(H,28,29)/b27-17-. The van der Waals surface area contributed by atoms with Crippen molar-refractivity contribution >= 4 is 35.5 Å². The molecule has 0 unspecified atom stereocenters. The zero-order chi connectivity index (χ0) is 22.6. The van der Waals surface area contributed by atoms with Gasteiger partial charge in [0.2, 0.25) is 5.91 Å². The molecule has 32 heavy (non-hydrogen) atoms. The van der Waals surface area contributed by atoms with E-state index in [1.807, 2.05) is 79.7 Å². The maximum absolute atomic E-state index is 12.0. The molecule has 0 heterocycles. The molecular weight excluding hydrogens is 444 g/mol. The fourth-order valence-corrected chi connectivity index (χ4v) is 3.75. The highest BCUT2D eigenvalue weighted by Gasteiger charge is 2.07. The summed E-state index contributed by atoms with van der Waals surface area (Å²) in [6.07, 6.45) is 1.98. The van der Waals surface area contributed by atoms with Gasteiger partial charge in [-0.2, -0.15) is 5.10 Å². The summed E-state index contributed by atoms with van der Waals surface area (Å²) in [5, 5.41) is 4.75. The Morgan fingerprint density at radius 2 is 1.81 bits per heavy atom. The van der Waals surface area contributed by atoms with Gasteiger partial charge >= 0.3 is 0 Å². The third-order valence-corrected chi connectivity index (χ3v) is 5.58. The Hall–Kier alpha value is -2.96. The highest BCUT2D eigenvalue weighted by atomic mass is 35.5. The second-order valence-corrected chi connectivity index (χ2v) is 8.36. The zero-order valence-electron chi connectivity index (χ0n) is 17.8. The van der Waals surface area contributed by atoms with Gasteiger partial charge in [0.05, 0.1) is 12.8 Å². The van der Waals surface area contributed by atoms with E-state index in [9.17, 15) is 4.79 Å². The largest absolute Gasteiger partial charge is 0.490 e. The molecule has 3 rings (SSSR count). The molecule has 5 nitrogen and oxygen atoms in total. The van der Waals surface area contributed by atoms with Crippen molar-refractivity contribution in [3.8, 4) is 11.5 Å². The van der Waals surface area contributed by atoms with Gasteiger partial charge in [-0.25, -0.2) is 5.43 Å². The average molecular weight is 469 g/mol. The number of halogens is 1. The minimum absolute atomic E-state index is 0.127. The number of carbonyl (C=O) groups excluding carboxylic acids is 1. The Morgan fingerprint density at radius 1 is 1.03 bits per heavy atom. The van der Waals surface area contributed by atoms with E-state index in [1.54, 1.807) is 18.0 Å². The summed E-state index contributed by atoms with van der Waals surface area (Å²) in [7, 11) is 0. The lowest BCUT2D eigenvalue weighted by molar-refractivity contribution is -0.120. The molecule has 1 N–H and O–H groups in total. The fraction of sp³-hybridized carbons (Fsp3) is 0.200. The molecule has 0 radical (unpaired) electrons. The van der Waals surface area contributed by atoms with Crippen LogP contribution < -0.4 is 14.9 Å². The minimum atomic E-state index is -0.127. The van der Waals surface area contributed by atoms with E-state index in [0.717, 1.165) is 16.0 Å². The normalized spacial score (nSPS) is 10.8. The van der Waals surface area contributed by atoms with Crippen LogP contribution in [-0.4, -0.2) is 24.5 Å². The Morgan fingerprint density at radius 3 is 2.56 bits per heavy atom. The summed E-state index contributed by atoms with van der Waals surface area (Å²) in [6, 6.07) is 23.0. The number of rotatable bonds is 11. The monoisotopic (exact) mass is 468 g/mol. The van der Waals surface area contributed by atoms with Gasteiger partial charge in [-0.15, -0.1) is 11.8 Å². The lowest BCUT2D eigenvalue weighted by Gasteiger charge is -2.12. The van der Waals surface area contributed by atoms with E-state index in [1.165, 1.54) is 0 Å². The molecule has 0 saturated carbocycles. The fourth-order valence-electron chi connectivity index (χ4n) is 2.75. The highest BCUT2D eigenvalue weighted by molar-refractivity contribution is 7.99. The smallest absolute Gasteiger partial charge is 0.240 e. The Bertz CT molecular complexity index is 1030. The van der Waals surface area contributed by atoms with Gasteiger partial charge in [0.15, 0.2) is 11.5 Å². The SMILES string of the molecule is CCOc1cc(/C=N\NC(=O)CCSc2ccccc2)ccc1OCc1ccc(Cl)cc1. The number of hydrazone groups is 1. The molecule has 0 aliphatic carbocycles. The molecule has 0 saturated heterocycles. The van der Waals surface area contributed by atoms with Crippen LogP contribution in [0.15, 0.2) is 82.8 Å². The first kappa shape index (κ1) is 23.7. The number of ether oxygens (including phenoxy) is 2. The molecule has 0 aliphatic heterocycles. The molecule has 3 aromatic carbocycles. The van der Waals surface area contributed by atoms with Gasteiger partial charge in [-0.3, -0.25) is 4.79 Å². The van der Waals surface area contributed by atoms with Crippen LogP contribution in [0.3, 0.4) is 0 Å². The average Bonchev–Trinajstić information content (AvgIpc) is 2.80. The maximum atomic E-state index is 12.0. The van der Waals surface area contributed by atoms with Crippen molar-refractivity contribution in [3.63, 3.8) is 0 Å². The van der Waals surface area contributed by atoms with E-state index in [-0.39, 0.29) is 5.91 Å². The molecule has 0 aromatic heterocycles. The summed E-state index contributed by atoms with van der Waals surface area (Å²) in [4.78, 5) is 13.1. The molecule has 3 aromatic rings. The predicted molar refractivity (Wildman–Crippen MR) is 131 cm³/mol.